The Morgan fingerprint density at radius 3 is 2.65 bits per heavy atom. The molecule has 5 heteroatoms. The van der Waals surface area contributed by atoms with E-state index in [1.807, 2.05) is 12.1 Å². The summed E-state index contributed by atoms with van der Waals surface area (Å²) in [5, 5.41) is 14.3. The minimum absolute atomic E-state index is 0.383. The van der Waals surface area contributed by atoms with E-state index in [4.69, 9.17) is 9.68 Å². The van der Waals surface area contributed by atoms with Crippen molar-refractivity contribution in [3.8, 4) is 6.07 Å². The fourth-order valence-electron chi connectivity index (χ4n) is 2.14. The average Bonchev–Trinajstić information content (AvgIpc) is 2.60. The van der Waals surface area contributed by atoms with Crippen LogP contribution in [0.4, 0.5) is 5.69 Å². The van der Waals surface area contributed by atoms with Crippen LogP contribution in [0.2, 0.25) is 0 Å². The molecule has 112 valence electrons. The highest BCUT2D eigenvalue weighted by Gasteiger charge is 2.06. The number of anilines is 1. The number of hydrogen-bond donors (Lipinski definition) is 1. The number of hydrogen-bond acceptors (Lipinski definition) is 5. The first-order valence-electron chi connectivity index (χ1n) is 7.01. The van der Waals surface area contributed by atoms with E-state index >= 15 is 0 Å². The molecule has 0 aliphatic carbocycles. The number of nitrogens with one attached hydrogen (secondary N) is 1. The number of hydrazone groups is 1. The van der Waals surface area contributed by atoms with Gasteiger partial charge in [0, 0.05) is 0 Å². The van der Waals surface area contributed by atoms with E-state index in [0.717, 1.165) is 11.1 Å². The van der Waals surface area contributed by atoms with E-state index in [2.05, 4.69) is 16.6 Å². The van der Waals surface area contributed by atoms with E-state index in [9.17, 15) is 4.79 Å². The molecule has 5 nitrogen and oxygen atoms in total. The molecule has 0 amide bonds. The Morgan fingerprint density at radius 1 is 1.17 bits per heavy atom. The molecule has 0 saturated heterocycles. The predicted octanol–water partition coefficient (Wildman–Crippen LogP) is 3.50. The van der Waals surface area contributed by atoms with Gasteiger partial charge in [-0.3, -0.25) is 5.43 Å². The van der Waals surface area contributed by atoms with Gasteiger partial charge in [0.15, 0.2) is 5.76 Å². The number of rotatable bonds is 3. The van der Waals surface area contributed by atoms with Gasteiger partial charge in [-0.1, -0.05) is 18.2 Å². The van der Waals surface area contributed by atoms with E-state index < -0.39 is 0 Å². The lowest BCUT2D eigenvalue weighted by Crippen LogP contribution is -2.07. The molecule has 1 heterocycles. The lowest BCUT2D eigenvalue weighted by molar-refractivity contribution is 0.510. The Bertz CT molecular complexity index is 980. The maximum atomic E-state index is 12.0. The van der Waals surface area contributed by atoms with Crippen molar-refractivity contribution in [2.24, 2.45) is 5.10 Å². The van der Waals surface area contributed by atoms with Crippen molar-refractivity contribution in [2.45, 2.75) is 6.92 Å². The third kappa shape index (κ3) is 3.11. The van der Waals surface area contributed by atoms with Crippen LogP contribution in [-0.2, 0) is 0 Å². The molecular weight excluding hydrogens is 290 g/mol. The third-order valence-electron chi connectivity index (χ3n) is 3.39. The zero-order valence-electron chi connectivity index (χ0n) is 12.4. The van der Waals surface area contributed by atoms with Crippen LogP contribution in [0.1, 0.15) is 18.2 Å². The number of benzene rings is 2. The molecule has 23 heavy (non-hydrogen) atoms. The number of nitriles is 1. The summed E-state index contributed by atoms with van der Waals surface area (Å²) < 4.78 is 5.31. The van der Waals surface area contributed by atoms with Crippen LogP contribution in [0, 0.1) is 11.3 Å². The second-order valence-corrected chi connectivity index (χ2v) is 4.98. The minimum Gasteiger partial charge on any atom is -0.421 e. The molecule has 1 N–H and O–H groups in total. The Kier molecular flexibility index (Phi) is 3.89. The van der Waals surface area contributed by atoms with Crippen LogP contribution in [0.25, 0.3) is 10.8 Å². The van der Waals surface area contributed by atoms with Gasteiger partial charge in [0.2, 0.25) is 0 Å². The van der Waals surface area contributed by atoms with Gasteiger partial charge in [0.1, 0.15) is 5.71 Å². The molecule has 3 rings (SSSR count). The SMILES string of the molecule is C/C(=N\Nc1ccc(C#N)cc1)c1cc2ccccc2c(=O)o1. The molecule has 3 aromatic rings. The molecule has 0 atom stereocenters. The van der Waals surface area contributed by atoms with Crippen molar-refractivity contribution < 1.29 is 4.42 Å². The normalized spacial score (nSPS) is 11.2. The molecule has 0 aliphatic rings. The Balaban J connectivity index is 1.88. The number of fused-ring (bicyclic) bond motifs is 1. The molecule has 0 unspecified atom stereocenters. The maximum Gasteiger partial charge on any atom is 0.344 e. The summed E-state index contributed by atoms with van der Waals surface area (Å²) in [4.78, 5) is 12.0. The first-order chi connectivity index (χ1) is 11.2. The van der Waals surface area contributed by atoms with Crippen LogP contribution < -0.4 is 11.1 Å². The fraction of sp³-hybridized carbons (Fsp3) is 0.0556. The monoisotopic (exact) mass is 303 g/mol. The average molecular weight is 303 g/mol. The first kappa shape index (κ1) is 14.5. The molecule has 0 radical (unpaired) electrons. The largest absolute Gasteiger partial charge is 0.421 e. The minimum atomic E-state index is -0.383. The molecular formula is C18H13N3O2. The van der Waals surface area contributed by atoms with Crippen LogP contribution in [0.3, 0.4) is 0 Å². The van der Waals surface area contributed by atoms with Crippen LogP contribution in [-0.4, -0.2) is 5.71 Å². The third-order valence-corrected chi connectivity index (χ3v) is 3.39. The van der Waals surface area contributed by atoms with Crippen molar-refractivity contribution in [1.29, 1.82) is 5.26 Å². The zero-order chi connectivity index (χ0) is 16.2. The Labute approximate surface area is 132 Å². The lowest BCUT2D eigenvalue weighted by atomic mass is 10.1. The highest BCUT2D eigenvalue weighted by atomic mass is 16.4. The van der Waals surface area contributed by atoms with Crippen molar-refractivity contribution in [3.05, 3.63) is 76.3 Å². The van der Waals surface area contributed by atoms with Crippen LogP contribution >= 0.6 is 0 Å². The summed E-state index contributed by atoms with van der Waals surface area (Å²) >= 11 is 0. The Morgan fingerprint density at radius 2 is 1.91 bits per heavy atom. The molecule has 0 spiro atoms. The summed E-state index contributed by atoms with van der Waals surface area (Å²) in [6.07, 6.45) is 0. The first-order valence-corrected chi connectivity index (χ1v) is 7.01. The second-order valence-electron chi connectivity index (χ2n) is 4.98. The summed E-state index contributed by atoms with van der Waals surface area (Å²) in [5.74, 6) is 0.412. The Hall–Kier alpha value is -3.39. The van der Waals surface area contributed by atoms with Gasteiger partial charge in [-0.2, -0.15) is 10.4 Å². The van der Waals surface area contributed by atoms with E-state index in [1.54, 1.807) is 49.4 Å². The van der Waals surface area contributed by atoms with E-state index in [0.29, 0.717) is 22.4 Å². The smallest absolute Gasteiger partial charge is 0.344 e. The van der Waals surface area contributed by atoms with Gasteiger partial charge in [-0.25, -0.2) is 4.79 Å². The van der Waals surface area contributed by atoms with Gasteiger partial charge in [-0.05, 0) is 48.7 Å². The quantitative estimate of drug-likeness (QED) is 0.593. The molecule has 1 aromatic heterocycles. The van der Waals surface area contributed by atoms with Crippen LogP contribution in [0.15, 0.2) is 68.9 Å². The van der Waals surface area contributed by atoms with Crippen molar-refractivity contribution >= 4 is 22.2 Å². The second kappa shape index (κ2) is 6.16. The van der Waals surface area contributed by atoms with Crippen molar-refractivity contribution in [2.75, 3.05) is 5.43 Å². The van der Waals surface area contributed by atoms with Gasteiger partial charge in [-0.15, -0.1) is 0 Å². The number of nitrogens with zero attached hydrogens (tertiary/aromatic N) is 2. The van der Waals surface area contributed by atoms with Crippen molar-refractivity contribution in [1.82, 2.24) is 0 Å². The zero-order valence-corrected chi connectivity index (χ0v) is 12.4. The van der Waals surface area contributed by atoms with E-state index in [-0.39, 0.29) is 5.63 Å². The standard InChI is InChI=1S/C18H13N3O2/c1-12(20-21-15-8-6-13(11-19)7-9-15)17-10-14-4-2-3-5-16(14)18(22)23-17/h2-10,21H,1H3/b20-12+. The summed E-state index contributed by atoms with van der Waals surface area (Å²) in [6.45, 7) is 1.75. The summed E-state index contributed by atoms with van der Waals surface area (Å²) in [7, 11) is 0. The molecule has 0 bridgehead atoms. The maximum absolute atomic E-state index is 12.0. The lowest BCUT2D eigenvalue weighted by Gasteiger charge is -2.04. The molecule has 0 saturated carbocycles. The fourth-order valence-corrected chi connectivity index (χ4v) is 2.14. The van der Waals surface area contributed by atoms with E-state index in [1.165, 1.54) is 0 Å². The molecule has 0 aliphatic heterocycles. The van der Waals surface area contributed by atoms with Crippen molar-refractivity contribution in [3.63, 3.8) is 0 Å². The summed E-state index contributed by atoms with van der Waals surface area (Å²) in [5.41, 5.74) is 4.37. The van der Waals surface area contributed by atoms with Gasteiger partial charge in [0.05, 0.1) is 22.7 Å². The topological polar surface area (TPSA) is 78.4 Å². The molecule has 0 fully saturated rings. The molecule has 2 aromatic carbocycles. The van der Waals surface area contributed by atoms with Gasteiger partial charge < -0.3 is 4.42 Å². The summed E-state index contributed by atoms with van der Waals surface area (Å²) in [6, 6.07) is 18.0. The van der Waals surface area contributed by atoms with Crippen LogP contribution in [0.5, 0.6) is 0 Å². The highest BCUT2D eigenvalue weighted by Crippen LogP contribution is 2.13. The van der Waals surface area contributed by atoms with Gasteiger partial charge in [0.25, 0.3) is 0 Å². The predicted molar refractivity (Wildman–Crippen MR) is 89.5 cm³/mol. The van der Waals surface area contributed by atoms with Gasteiger partial charge >= 0.3 is 5.63 Å². The highest BCUT2D eigenvalue weighted by molar-refractivity contribution is 5.99.